The molecule has 0 fully saturated rings. The van der Waals surface area contributed by atoms with Gasteiger partial charge in [-0.05, 0) is 44.9 Å². The first kappa shape index (κ1) is 80.7. The third kappa shape index (κ3) is 66.2. The maximum absolute atomic E-state index is 13.1. The van der Waals surface area contributed by atoms with Crippen LogP contribution in [0.4, 0.5) is 0 Å². The molecule has 8 nitrogen and oxygen atoms in total. The van der Waals surface area contributed by atoms with Crippen molar-refractivity contribution in [1.82, 2.24) is 5.32 Å². The molecule has 0 radical (unpaired) electrons. The molecule has 9 heteroatoms. The van der Waals surface area contributed by atoms with E-state index in [2.05, 4.69) is 43.5 Å². The van der Waals surface area contributed by atoms with Crippen LogP contribution in [0.1, 0.15) is 373 Å². The Bertz CT molecular complexity index is 1430. The van der Waals surface area contributed by atoms with Crippen LogP contribution in [0.5, 0.6) is 0 Å². The zero-order valence-electron chi connectivity index (χ0n) is 55.8. The number of hydrogen-bond donors (Lipinski definition) is 3. The zero-order valence-corrected chi connectivity index (χ0v) is 56.7. The van der Waals surface area contributed by atoms with Gasteiger partial charge in [-0.15, -0.1) is 0 Å². The number of phosphoric acid groups is 1. The van der Waals surface area contributed by atoms with Crippen molar-refractivity contribution in [1.29, 1.82) is 0 Å². The van der Waals surface area contributed by atoms with Crippen LogP contribution in [-0.4, -0.2) is 73.4 Å². The number of aliphatic hydroxyl groups is 1. The van der Waals surface area contributed by atoms with Crippen molar-refractivity contribution in [3.63, 3.8) is 0 Å². The second-order valence-electron chi connectivity index (χ2n) is 26.3. The van der Waals surface area contributed by atoms with Crippen LogP contribution in [0, 0.1) is 0 Å². The summed E-state index contributed by atoms with van der Waals surface area (Å²) < 4.78 is 23.8. The van der Waals surface area contributed by atoms with Crippen molar-refractivity contribution in [3.8, 4) is 0 Å². The minimum atomic E-state index is -4.36. The van der Waals surface area contributed by atoms with E-state index in [1.807, 2.05) is 27.2 Å². The molecule has 0 aromatic rings. The van der Waals surface area contributed by atoms with Gasteiger partial charge in [0.15, 0.2) is 0 Å². The lowest BCUT2D eigenvalue weighted by atomic mass is 10.0. The molecule has 0 saturated heterocycles. The Balaban J connectivity index is 4.04. The number of likely N-dealkylation sites (N-methyl/N-ethyl adjacent to an activating group) is 1. The Morgan fingerprint density at radius 2 is 0.671 bits per heavy atom. The molecule has 3 atom stereocenters. The van der Waals surface area contributed by atoms with Gasteiger partial charge in [-0.1, -0.05) is 359 Å². The summed E-state index contributed by atoms with van der Waals surface area (Å²) in [6.07, 6.45) is 86.1. The molecule has 486 valence electrons. The molecule has 0 spiro atoms. The van der Waals surface area contributed by atoms with E-state index >= 15 is 0 Å². The molecule has 0 aromatic heterocycles. The fraction of sp³-hybridized carbons (Fsp3) is 0.904. The number of amides is 1. The number of carbonyl (C=O) groups excluding carboxylic acids is 1. The highest BCUT2D eigenvalue weighted by atomic mass is 31.2. The number of aliphatic hydroxyl groups excluding tert-OH is 1. The zero-order chi connectivity index (χ0) is 59.8. The molecule has 1 amide bonds. The normalized spacial score (nSPS) is 13.8. The molecule has 0 aliphatic rings. The van der Waals surface area contributed by atoms with Crippen molar-refractivity contribution < 1.29 is 32.9 Å². The van der Waals surface area contributed by atoms with Gasteiger partial charge in [-0.25, -0.2) is 4.57 Å². The van der Waals surface area contributed by atoms with E-state index in [1.165, 1.54) is 308 Å². The lowest BCUT2D eigenvalue weighted by Gasteiger charge is -2.25. The summed E-state index contributed by atoms with van der Waals surface area (Å²) in [5, 5.41) is 14.0. The Morgan fingerprint density at radius 1 is 0.402 bits per heavy atom. The number of carbonyl (C=O) groups is 1. The third-order valence-electron chi connectivity index (χ3n) is 16.8. The maximum atomic E-state index is 13.1. The number of unbranched alkanes of at least 4 members (excludes halogenated alkanes) is 51. The number of nitrogens with one attached hydrogen (secondary N) is 1. The molecular formula is C73H144N2O6P+. The second-order valence-corrected chi connectivity index (χ2v) is 27.8. The van der Waals surface area contributed by atoms with E-state index in [0.29, 0.717) is 17.4 Å². The summed E-state index contributed by atoms with van der Waals surface area (Å²) in [5.74, 6) is -0.183. The maximum Gasteiger partial charge on any atom is 0.472 e. The minimum absolute atomic E-state index is 0.0554. The molecule has 0 saturated carbocycles. The molecule has 0 aliphatic carbocycles. The number of hydrogen-bond acceptors (Lipinski definition) is 5. The quantitative estimate of drug-likeness (QED) is 0.0243. The summed E-state index contributed by atoms with van der Waals surface area (Å²) in [6, 6.07) is -0.870. The Labute approximate surface area is 512 Å². The van der Waals surface area contributed by atoms with Crippen molar-refractivity contribution in [2.75, 3.05) is 40.9 Å². The molecule has 0 heterocycles. The smallest absolute Gasteiger partial charge is 0.387 e. The molecule has 0 bridgehead atoms. The van der Waals surface area contributed by atoms with Crippen LogP contribution in [0.3, 0.4) is 0 Å². The molecule has 82 heavy (non-hydrogen) atoms. The van der Waals surface area contributed by atoms with Gasteiger partial charge in [-0.3, -0.25) is 13.8 Å². The summed E-state index contributed by atoms with van der Waals surface area (Å²) in [6.45, 7) is 4.85. The Hall–Kier alpha value is -1.28. The van der Waals surface area contributed by atoms with Gasteiger partial charge < -0.3 is 19.8 Å². The monoisotopic (exact) mass is 1180 g/mol. The van der Waals surface area contributed by atoms with Gasteiger partial charge >= 0.3 is 7.82 Å². The van der Waals surface area contributed by atoms with Crippen LogP contribution in [0.25, 0.3) is 0 Å². The summed E-state index contributed by atoms with van der Waals surface area (Å²) in [5.41, 5.74) is 0. The van der Waals surface area contributed by atoms with Crippen molar-refractivity contribution in [3.05, 3.63) is 36.5 Å². The average molecular weight is 1180 g/mol. The first-order valence-corrected chi connectivity index (χ1v) is 37.9. The number of allylic oxidation sites excluding steroid dienone is 5. The topological polar surface area (TPSA) is 105 Å². The summed E-state index contributed by atoms with van der Waals surface area (Å²) in [7, 11) is 1.56. The van der Waals surface area contributed by atoms with Crippen LogP contribution < -0.4 is 5.32 Å². The molecule has 3 N–H and O–H groups in total. The molecule has 3 unspecified atom stereocenters. The standard InChI is InChI=1S/C73H143N2O6P/c1-6-8-10-12-14-16-18-20-22-24-26-28-30-32-34-35-36-37-38-39-40-41-43-45-47-49-51-53-55-57-59-61-63-65-67-73(77)74-71(70-81-82(78,79)80-69-68-75(3,4)5)72(76)66-64-62-60-58-56-54-52-50-48-46-44-42-33-31-29-27-25-23-21-19-17-15-13-11-9-7-2/h48,50,56,58,64,66,71-72,76H,6-47,49,51-55,57,59-63,65,67-70H2,1-5H3,(H-,74,77,78,79)/p+1/b50-48+,58-56+,66-64+. The van der Waals surface area contributed by atoms with Gasteiger partial charge in [0.2, 0.25) is 5.91 Å². The average Bonchev–Trinajstić information content (AvgIpc) is 3.45. The highest BCUT2D eigenvalue weighted by Crippen LogP contribution is 2.43. The van der Waals surface area contributed by atoms with Gasteiger partial charge in [-0.2, -0.15) is 0 Å². The van der Waals surface area contributed by atoms with Crippen molar-refractivity contribution in [2.24, 2.45) is 0 Å². The van der Waals surface area contributed by atoms with Crippen LogP contribution in [-0.2, 0) is 18.4 Å². The van der Waals surface area contributed by atoms with Crippen LogP contribution in [0.15, 0.2) is 36.5 Å². The Kier molecular flexibility index (Phi) is 63.2. The fourth-order valence-electron chi connectivity index (χ4n) is 11.2. The van der Waals surface area contributed by atoms with Gasteiger partial charge in [0, 0.05) is 6.42 Å². The first-order chi connectivity index (χ1) is 40.0. The van der Waals surface area contributed by atoms with Crippen molar-refractivity contribution >= 4 is 13.7 Å². The number of rotatable bonds is 68. The largest absolute Gasteiger partial charge is 0.472 e. The highest BCUT2D eigenvalue weighted by Gasteiger charge is 2.28. The van der Waals surface area contributed by atoms with E-state index in [9.17, 15) is 19.4 Å². The third-order valence-corrected chi connectivity index (χ3v) is 17.8. The van der Waals surface area contributed by atoms with Gasteiger partial charge in [0.05, 0.1) is 39.9 Å². The minimum Gasteiger partial charge on any atom is -0.387 e. The number of quaternary nitrogens is 1. The second kappa shape index (κ2) is 64.2. The lowest BCUT2D eigenvalue weighted by Crippen LogP contribution is -2.45. The van der Waals surface area contributed by atoms with E-state index in [1.54, 1.807) is 6.08 Å². The predicted octanol–water partition coefficient (Wildman–Crippen LogP) is 23.2. The molecule has 0 aliphatic heterocycles. The molecule has 0 aromatic carbocycles. The van der Waals surface area contributed by atoms with E-state index in [0.717, 1.165) is 44.9 Å². The van der Waals surface area contributed by atoms with Crippen LogP contribution in [0.2, 0.25) is 0 Å². The van der Waals surface area contributed by atoms with Gasteiger partial charge in [0.25, 0.3) is 0 Å². The Morgan fingerprint density at radius 3 is 0.976 bits per heavy atom. The van der Waals surface area contributed by atoms with Crippen LogP contribution >= 0.6 is 7.82 Å². The fourth-order valence-corrected chi connectivity index (χ4v) is 11.9. The predicted molar refractivity (Wildman–Crippen MR) is 360 cm³/mol. The van der Waals surface area contributed by atoms with E-state index in [-0.39, 0.29) is 19.1 Å². The lowest BCUT2D eigenvalue weighted by molar-refractivity contribution is -0.870. The summed E-state index contributed by atoms with van der Waals surface area (Å²) in [4.78, 5) is 23.4. The van der Waals surface area contributed by atoms with E-state index in [4.69, 9.17) is 9.05 Å². The van der Waals surface area contributed by atoms with Crippen molar-refractivity contribution in [2.45, 2.75) is 386 Å². The number of nitrogens with zero attached hydrogens (tertiary/aromatic N) is 1. The summed E-state index contributed by atoms with van der Waals surface area (Å²) >= 11 is 0. The highest BCUT2D eigenvalue weighted by molar-refractivity contribution is 7.47. The molecular weight excluding hydrogens is 1030 g/mol. The SMILES string of the molecule is CCCCCCCCCCCCCCCCCC/C=C/CC/C=C/CC/C=C/C(O)C(COP(=O)(O)OCC[N+](C)(C)C)NC(=O)CCCCCCCCCCCCCCCCCCCCCCCCCCCCCCCCCCCC. The van der Waals surface area contributed by atoms with Gasteiger partial charge in [0.1, 0.15) is 13.2 Å². The number of phosphoric ester groups is 1. The first-order valence-electron chi connectivity index (χ1n) is 36.4. The van der Waals surface area contributed by atoms with E-state index < -0.39 is 20.0 Å². The molecule has 0 rings (SSSR count).